The molecular formula is C8H13NO2. The van der Waals surface area contributed by atoms with Gasteiger partial charge >= 0.3 is 5.97 Å². The second-order valence-corrected chi connectivity index (χ2v) is 3.06. The maximum absolute atomic E-state index is 10.0. The van der Waals surface area contributed by atoms with Crippen molar-refractivity contribution in [2.24, 2.45) is 5.92 Å². The SMILES string of the molecule is CC1CN(C/C=C/C(=O)O)C1. The van der Waals surface area contributed by atoms with E-state index in [2.05, 4.69) is 11.8 Å². The molecule has 11 heavy (non-hydrogen) atoms. The molecule has 3 heteroatoms. The Labute approximate surface area is 66.3 Å². The maximum Gasteiger partial charge on any atom is 0.328 e. The highest BCUT2D eigenvalue weighted by molar-refractivity contribution is 5.79. The van der Waals surface area contributed by atoms with Gasteiger partial charge in [0, 0.05) is 25.7 Å². The zero-order valence-electron chi connectivity index (χ0n) is 6.66. The van der Waals surface area contributed by atoms with Crippen molar-refractivity contribution in [2.75, 3.05) is 19.6 Å². The minimum atomic E-state index is -0.862. The Kier molecular flexibility index (Phi) is 2.65. The summed E-state index contributed by atoms with van der Waals surface area (Å²) < 4.78 is 0. The summed E-state index contributed by atoms with van der Waals surface area (Å²) >= 11 is 0. The van der Waals surface area contributed by atoms with Gasteiger partial charge in [-0.15, -0.1) is 0 Å². The number of hydrogen-bond acceptors (Lipinski definition) is 2. The van der Waals surface area contributed by atoms with Gasteiger partial charge in [0.05, 0.1) is 0 Å². The molecule has 0 radical (unpaired) electrons. The summed E-state index contributed by atoms with van der Waals surface area (Å²) in [5.74, 6) is -0.0770. The Bertz CT molecular complexity index is 171. The number of likely N-dealkylation sites (tertiary alicyclic amines) is 1. The van der Waals surface area contributed by atoms with E-state index >= 15 is 0 Å². The molecule has 62 valence electrons. The molecule has 0 atom stereocenters. The first-order valence-corrected chi connectivity index (χ1v) is 3.80. The molecule has 1 rings (SSSR count). The van der Waals surface area contributed by atoms with Gasteiger partial charge in [-0.1, -0.05) is 13.0 Å². The maximum atomic E-state index is 10.0. The molecule has 1 N–H and O–H groups in total. The molecular weight excluding hydrogens is 142 g/mol. The van der Waals surface area contributed by atoms with E-state index in [1.807, 2.05) is 0 Å². The lowest BCUT2D eigenvalue weighted by Gasteiger charge is -2.36. The second-order valence-electron chi connectivity index (χ2n) is 3.06. The van der Waals surface area contributed by atoms with Crippen molar-refractivity contribution >= 4 is 5.97 Å². The van der Waals surface area contributed by atoms with Gasteiger partial charge in [0.25, 0.3) is 0 Å². The number of nitrogens with zero attached hydrogens (tertiary/aromatic N) is 1. The fourth-order valence-electron chi connectivity index (χ4n) is 1.28. The molecule has 0 aliphatic carbocycles. The van der Waals surface area contributed by atoms with E-state index in [1.54, 1.807) is 6.08 Å². The average Bonchev–Trinajstić information content (AvgIpc) is 1.83. The van der Waals surface area contributed by atoms with Crippen molar-refractivity contribution < 1.29 is 9.90 Å². The fourth-order valence-corrected chi connectivity index (χ4v) is 1.28. The van der Waals surface area contributed by atoms with Crippen LogP contribution in [0.1, 0.15) is 6.92 Å². The highest BCUT2D eigenvalue weighted by atomic mass is 16.4. The summed E-state index contributed by atoms with van der Waals surface area (Å²) in [5, 5.41) is 8.26. The van der Waals surface area contributed by atoms with E-state index in [4.69, 9.17) is 5.11 Å². The van der Waals surface area contributed by atoms with E-state index in [9.17, 15) is 4.79 Å². The normalized spacial score (nSPS) is 20.5. The largest absolute Gasteiger partial charge is 0.478 e. The number of carbonyl (C=O) groups is 1. The molecule has 0 aromatic carbocycles. The average molecular weight is 155 g/mol. The van der Waals surface area contributed by atoms with Crippen molar-refractivity contribution in [3.8, 4) is 0 Å². The van der Waals surface area contributed by atoms with Gasteiger partial charge in [0.15, 0.2) is 0 Å². The van der Waals surface area contributed by atoms with Gasteiger partial charge < -0.3 is 5.11 Å². The Morgan fingerprint density at radius 1 is 1.73 bits per heavy atom. The van der Waals surface area contributed by atoms with E-state index in [0.29, 0.717) is 0 Å². The monoisotopic (exact) mass is 155 g/mol. The third-order valence-corrected chi connectivity index (χ3v) is 1.76. The van der Waals surface area contributed by atoms with Gasteiger partial charge in [0.1, 0.15) is 0 Å². The topological polar surface area (TPSA) is 40.5 Å². The van der Waals surface area contributed by atoms with Gasteiger partial charge in [0.2, 0.25) is 0 Å². The van der Waals surface area contributed by atoms with E-state index in [1.165, 1.54) is 6.08 Å². The lowest BCUT2D eigenvalue weighted by Crippen LogP contribution is -2.44. The zero-order chi connectivity index (χ0) is 8.27. The first-order chi connectivity index (χ1) is 5.18. The lowest BCUT2D eigenvalue weighted by molar-refractivity contribution is -0.131. The van der Waals surface area contributed by atoms with E-state index in [0.717, 1.165) is 25.6 Å². The van der Waals surface area contributed by atoms with E-state index in [-0.39, 0.29) is 0 Å². The molecule has 0 aromatic rings. The summed E-state index contributed by atoms with van der Waals surface area (Å²) in [7, 11) is 0. The van der Waals surface area contributed by atoms with E-state index < -0.39 is 5.97 Å². The van der Waals surface area contributed by atoms with Crippen LogP contribution in [0.5, 0.6) is 0 Å². The van der Waals surface area contributed by atoms with Crippen LogP contribution in [0.15, 0.2) is 12.2 Å². The van der Waals surface area contributed by atoms with Crippen LogP contribution in [0.3, 0.4) is 0 Å². The molecule has 1 fully saturated rings. The summed E-state index contributed by atoms with van der Waals surface area (Å²) in [6.07, 6.45) is 2.89. The van der Waals surface area contributed by atoms with Crippen LogP contribution in [0, 0.1) is 5.92 Å². The van der Waals surface area contributed by atoms with Crippen LogP contribution in [0.4, 0.5) is 0 Å². The Hall–Kier alpha value is -0.830. The summed E-state index contributed by atoms with van der Waals surface area (Å²) in [6, 6.07) is 0. The molecule has 0 amide bonds. The van der Waals surface area contributed by atoms with Crippen LogP contribution in [-0.4, -0.2) is 35.6 Å². The number of carboxylic acid groups (broad SMARTS) is 1. The molecule has 0 unspecified atom stereocenters. The molecule has 1 saturated heterocycles. The van der Waals surface area contributed by atoms with Crippen LogP contribution >= 0.6 is 0 Å². The summed E-state index contributed by atoms with van der Waals surface area (Å²) in [4.78, 5) is 12.3. The smallest absolute Gasteiger partial charge is 0.328 e. The van der Waals surface area contributed by atoms with Gasteiger partial charge in [-0.3, -0.25) is 4.90 Å². The minimum Gasteiger partial charge on any atom is -0.478 e. The third kappa shape index (κ3) is 2.72. The third-order valence-electron chi connectivity index (χ3n) is 1.76. The van der Waals surface area contributed by atoms with Crippen molar-refractivity contribution in [1.82, 2.24) is 4.90 Å². The van der Waals surface area contributed by atoms with Crippen LogP contribution in [-0.2, 0) is 4.79 Å². The fraction of sp³-hybridized carbons (Fsp3) is 0.625. The highest BCUT2D eigenvalue weighted by Gasteiger charge is 2.20. The van der Waals surface area contributed by atoms with Gasteiger partial charge in [-0.05, 0) is 5.92 Å². The first-order valence-electron chi connectivity index (χ1n) is 3.80. The van der Waals surface area contributed by atoms with Gasteiger partial charge in [-0.2, -0.15) is 0 Å². The zero-order valence-corrected chi connectivity index (χ0v) is 6.66. The van der Waals surface area contributed by atoms with Crippen LogP contribution in [0.2, 0.25) is 0 Å². The second kappa shape index (κ2) is 3.53. The summed E-state index contributed by atoms with van der Waals surface area (Å²) in [5.41, 5.74) is 0. The quantitative estimate of drug-likeness (QED) is 0.606. The Morgan fingerprint density at radius 2 is 2.36 bits per heavy atom. The van der Waals surface area contributed by atoms with Crippen molar-refractivity contribution in [3.63, 3.8) is 0 Å². The molecule has 0 saturated carbocycles. The lowest BCUT2D eigenvalue weighted by atomic mass is 10.0. The molecule has 0 aromatic heterocycles. The van der Waals surface area contributed by atoms with Crippen molar-refractivity contribution in [1.29, 1.82) is 0 Å². The predicted octanol–water partition coefficient (Wildman–Crippen LogP) is 0.579. The molecule has 0 spiro atoms. The summed E-state index contributed by atoms with van der Waals surface area (Å²) in [6.45, 7) is 5.17. The standard InChI is InChI=1S/C8H13NO2/c1-7-5-9(6-7)4-2-3-8(10)11/h2-3,7H,4-6H2,1H3,(H,10,11)/b3-2+. The number of carboxylic acids is 1. The number of rotatable bonds is 3. The Balaban J connectivity index is 2.09. The van der Waals surface area contributed by atoms with Gasteiger partial charge in [-0.25, -0.2) is 4.79 Å². The number of aliphatic carboxylic acids is 1. The molecule has 1 heterocycles. The number of hydrogen-bond donors (Lipinski definition) is 1. The Morgan fingerprint density at radius 3 is 2.82 bits per heavy atom. The molecule has 0 bridgehead atoms. The van der Waals surface area contributed by atoms with Crippen molar-refractivity contribution in [2.45, 2.75) is 6.92 Å². The first kappa shape index (κ1) is 8.27. The molecule has 1 aliphatic heterocycles. The predicted molar refractivity (Wildman–Crippen MR) is 42.4 cm³/mol. The molecule has 3 nitrogen and oxygen atoms in total. The van der Waals surface area contributed by atoms with Crippen LogP contribution < -0.4 is 0 Å². The van der Waals surface area contributed by atoms with Crippen LogP contribution in [0.25, 0.3) is 0 Å². The minimum absolute atomic E-state index is 0.774. The highest BCUT2D eigenvalue weighted by Crippen LogP contribution is 2.12. The molecule has 1 aliphatic rings. The van der Waals surface area contributed by atoms with Crippen molar-refractivity contribution in [3.05, 3.63) is 12.2 Å².